The average molecular weight is 533 g/mol. The Balaban J connectivity index is 1.61. The predicted octanol–water partition coefficient (Wildman–Crippen LogP) is 3.62. The zero-order valence-electron chi connectivity index (χ0n) is 18.6. The zero-order valence-corrected chi connectivity index (χ0v) is 21.0. The van der Waals surface area contributed by atoms with Crippen molar-refractivity contribution < 1.29 is 13.2 Å². The van der Waals surface area contributed by atoms with Gasteiger partial charge in [0, 0.05) is 29.5 Å². The molecule has 1 fully saturated rings. The highest BCUT2D eigenvalue weighted by Crippen LogP contribution is 2.25. The van der Waals surface area contributed by atoms with Crippen molar-refractivity contribution in [2.24, 2.45) is 4.99 Å². The van der Waals surface area contributed by atoms with Gasteiger partial charge in [-0.2, -0.15) is 4.31 Å². The lowest BCUT2D eigenvalue weighted by Gasteiger charge is -2.26. The molecule has 0 saturated carbocycles. The Kier molecular flexibility index (Phi) is 6.71. The SMILES string of the molecule is Cc1cc(-n2[nH]c(C)c(C=Nc3ccc(S(=O)(=O)N4CCOCC4)cc3C)c2=O)ccc1Br. The summed E-state index contributed by atoms with van der Waals surface area (Å²) in [7, 11) is -3.58. The average Bonchev–Trinajstić information content (AvgIpc) is 3.08. The van der Waals surface area contributed by atoms with Crippen molar-refractivity contribution in [3.8, 4) is 5.69 Å². The Hall–Kier alpha value is -2.53. The minimum Gasteiger partial charge on any atom is -0.379 e. The molecule has 0 bridgehead atoms. The number of halogens is 1. The van der Waals surface area contributed by atoms with Crippen LogP contribution in [0.25, 0.3) is 5.69 Å². The molecule has 4 rings (SSSR count). The van der Waals surface area contributed by atoms with Gasteiger partial charge in [0.15, 0.2) is 0 Å². The van der Waals surface area contributed by atoms with E-state index in [0.29, 0.717) is 48.8 Å². The number of H-pyrrole nitrogens is 1. The first-order valence-electron chi connectivity index (χ1n) is 10.5. The number of ether oxygens (including phenoxy) is 1. The molecule has 0 spiro atoms. The fraction of sp³-hybridized carbons (Fsp3) is 0.304. The van der Waals surface area contributed by atoms with Crippen molar-refractivity contribution in [1.29, 1.82) is 0 Å². The number of hydrogen-bond donors (Lipinski definition) is 1. The highest BCUT2D eigenvalue weighted by molar-refractivity contribution is 9.10. The van der Waals surface area contributed by atoms with Gasteiger partial charge in [-0.05, 0) is 68.3 Å². The third kappa shape index (κ3) is 4.74. The van der Waals surface area contributed by atoms with Gasteiger partial charge in [-0.3, -0.25) is 14.9 Å². The van der Waals surface area contributed by atoms with Gasteiger partial charge in [0.1, 0.15) is 0 Å². The molecule has 1 N–H and O–H groups in total. The summed E-state index contributed by atoms with van der Waals surface area (Å²) >= 11 is 3.47. The van der Waals surface area contributed by atoms with E-state index in [1.807, 2.05) is 32.0 Å². The maximum Gasteiger partial charge on any atom is 0.280 e. The highest BCUT2D eigenvalue weighted by Gasteiger charge is 2.26. The Morgan fingerprint density at radius 2 is 1.79 bits per heavy atom. The number of aromatic amines is 1. The van der Waals surface area contributed by atoms with Crippen molar-refractivity contribution in [2.45, 2.75) is 25.7 Å². The van der Waals surface area contributed by atoms with E-state index in [1.54, 1.807) is 25.1 Å². The molecule has 2 aromatic carbocycles. The number of aromatic nitrogens is 2. The maximum absolute atomic E-state index is 13.0. The van der Waals surface area contributed by atoms with Crippen molar-refractivity contribution in [2.75, 3.05) is 26.3 Å². The van der Waals surface area contributed by atoms with Crippen LogP contribution in [0.3, 0.4) is 0 Å². The van der Waals surface area contributed by atoms with E-state index in [9.17, 15) is 13.2 Å². The van der Waals surface area contributed by atoms with Crippen LogP contribution in [-0.4, -0.2) is 55.0 Å². The quantitative estimate of drug-likeness (QED) is 0.507. The van der Waals surface area contributed by atoms with Gasteiger partial charge in [-0.25, -0.2) is 13.1 Å². The van der Waals surface area contributed by atoms with E-state index in [0.717, 1.165) is 15.7 Å². The lowest BCUT2D eigenvalue weighted by Crippen LogP contribution is -2.40. The van der Waals surface area contributed by atoms with Crippen LogP contribution in [0, 0.1) is 20.8 Å². The second kappa shape index (κ2) is 9.38. The number of rotatable bonds is 5. The molecule has 1 aliphatic rings. The minimum atomic E-state index is -3.58. The molecule has 8 nitrogen and oxygen atoms in total. The van der Waals surface area contributed by atoms with E-state index in [2.05, 4.69) is 26.0 Å². The van der Waals surface area contributed by atoms with Gasteiger partial charge >= 0.3 is 0 Å². The highest BCUT2D eigenvalue weighted by atomic mass is 79.9. The molecule has 1 aromatic heterocycles. The number of benzene rings is 2. The van der Waals surface area contributed by atoms with Crippen LogP contribution in [0.15, 0.2) is 55.6 Å². The topological polar surface area (TPSA) is 96.8 Å². The number of morpholine rings is 1. The molecule has 0 amide bonds. The predicted molar refractivity (Wildman–Crippen MR) is 132 cm³/mol. The fourth-order valence-corrected chi connectivity index (χ4v) is 5.41. The Morgan fingerprint density at radius 1 is 1.06 bits per heavy atom. The minimum absolute atomic E-state index is 0.206. The molecule has 2 heterocycles. The summed E-state index contributed by atoms with van der Waals surface area (Å²) in [6.45, 7) is 7.06. The molecule has 174 valence electrons. The third-order valence-corrected chi connectivity index (χ3v) is 8.41. The molecule has 1 aliphatic heterocycles. The Bertz CT molecular complexity index is 1390. The standard InChI is InChI=1S/C23H25BrN4O4S/c1-15-12-18(4-6-21(15)24)28-23(29)20(17(3)26-28)14-25-22-7-5-19(13-16(22)2)33(30,31)27-8-10-32-11-9-27/h4-7,12-14,26H,8-11H2,1-3H3. The molecular formula is C23H25BrN4O4S. The first-order chi connectivity index (χ1) is 15.7. The van der Waals surface area contributed by atoms with E-state index >= 15 is 0 Å². The molecule has 33 heavy (non-hydrogen) atoms. The monoisotopic (exact) mass is 532 g/mol. The molecule has 10 heteroatoms. The maximum atomic E-state index is 13.0. The van der Waals surface area contributed by atoms with Crippen LogP contribution in [0.2, 0.25) is 0 Å². The summed E-state index contributed by atoms with van der Waals surface area (Å²) in [6.07, 6.45) is 1.52. The lowest BCUT2D eigenvalue weighted by molar-refractivity contribution is 0.0730. The molecule has 0 atom stereocenters. The van der Waals surface area contributed by atoms with Crippen molar-refractivity contribution in [3.63, 3.8) is 0 Å². The number of sulfonamides is 1. The Morgan fingerprint density at radius 3 is 2.45 bits per heavy atom. The van der Waals surface area contributed by atoms with Crippen molar-refractivity contribution in [1.82, 2.24) is 14.1 Å². The van der Waals surface area contributed by atoms with Crippen LogP contribution in [0.1, 0.15) is 22.4 Å². The molecule has 0 aliphatic carbocycles. The number of nitrogens with one attached hydrogen (secondary N) is 1. The molecular weight excluding hydrogens is 508 g/mol. The summed E-state index contributed by atoms with van der Waals surface area (Å²) in [5.41, 5.74) is 3.98. The summed E-state index contributed by atoms with van der Waals surface area (Å²) in [4.78, 5) is 17.7. The molecule has 3 aromatic rings. The second-order valence-corrected chi connectivity index (χ2v) is 10.7. The van der Waals surface area contributed by atoms with Gasteiger partial charge in [-0.15, -0.1) is 0 Å². The number of nitrogens with zero attached hydrogens (tertiary/aromatic N) is 3. The normalized spacial score (nSPS) is 15.4. The number of aryl methyl sites for hydroxylation is 3. The van der Waals surface area contributed by atoms with Gasteiger partial charge in [0.2, 0.25) is 10.0 Å². The van der Waals surface area contributed by atoms with Crippen LogP contribution in [0.5, 0.6) is 0 Å². The summed E-state index contributed by atoms with van der Waals surface area (Å²) in [5.74, 6) is 0. The first kappa shape index (κ1) is 23.6. The van der Waals surface area contributed by atoms with Crippen molar-refractivity contribution >= 4 is 37.9 Å². The van der Waals surface area contributed by atoms with Gasteiger partial charge in [-0.1, -0.05) is 15.9 Å². The zero-order chi connectivity index (χ0) is 23.8. The van der Waals surface area contributed by atoms with Gasteiger partial charge in [0.05, 0.1) is 35.0 Å². The fourth-order valence-electron chi connectivity index (χ4n) is 3.66. The van der Waals surface area contributed by atoms with Crippen LogP contribution < -0.4 is 5.56 Å². The Labute approximate surface area is 201 Å². The van der Waals surface area contributed by atoms with Gasteiger partial charge in [0.25, 0.3) is 5.56 Å². The summed E-state index contributed by atoms with van der Waals surface area (Å²) in [5, 5.41) is 3.09. The van der Waals surface area contributed by atoms with E-state index in [-0.39, 0.29) is 10.5 Å². The van der Waals surface area contributed by atoms with E-state index in [4.69, 9.17) is 4.74 Å². The lowest BCUT2D eigenvalue weighted by atomic mass is 10.2. The molecule has 0 unspecified atom stereocenters. The summed E-state index contributed by atoms with van der Waals surface area (Å²) < 4.78 is 34.9. The second-order valence-electron chi connectivity index (χ2n) is 7.95. The van der Waals surface area contributed by atoms with Crippen LogP contribution in [-0.2, 0) is 14.8 Å². The third-order valence-electron chi connectivity index (χ3n) is 5.63. The number of aliphatic imine (C=N–C) groups is 1. The largest absolute Gasteiger partial charge is 0.379 e. The summed E-state index contributed by atoms with van der Waals surface area (Å²) in [6, 6.07) is 10.5. The van der Waals surface area contributed by atoms with E-state index < -0.39 is 10.0 Å². The van der Waals surface area contributed by atoms with E-state index in [1.165, 1.54) is 15.2 Å². The first-order valence-corrected chi connectivity index (χ1v) is 12.7. The van der Waals surface area contributed by atoms with Gasteiger partial charge < -0.3 is 4.74 Å². The molecule has 0 radical (unpaired) electrons. The smallest absolute Gasteiger partial charge is 0.280 e. The van der Waals surface area contributed by atoms with Crippen LogP contribution >= 0.6 is 15.9 Å². The number of hydrogen-bond acceptors (Lipinski definition) is 5. The van der Waals surface area contributed by atoms with Crippen molar-refractivity contribution in [3.05, 3.63) is 73.6 Å². The van der Waals surface area contributed by atoms with Crippen LogP contribution in [0.4, 0.5) is 5.69 Å². The molecule has 1 saturated heterocycles.